The molecule has 0 saturated carbocycles. The van der Waals surface area contributed by atoms with E-state index in [2.05, 4.69) is 14.6 Å². The lowest BCUT2D eigenvalue weighted by molar-refractivity contribution is -0.134. The second-order valence-corrected chi connectivity index (χ2v) is 12.7. The Balaban J connectivity index is 1.40. The minimum absolute atomic E-state index is 0.00863. The maximum atomic E-state index is 13.5. The largest absolute Gasteiger partial charge is 0.488 e. The summed E-state index contributed by atoms with van der Waals surface area (Å²) in [7, 11) is -0.238. The van der Waals surface area contributed by atoms with E-state index in [4.69, 9.17) is 14.2 Å². The molecule has 2 aliphatic heterocycles. The first-order valence-corrected chi connectivity index (χ1v) is 15.3. The number of fused-ring (bicyclic) bond motifs is 2. The average Bonchev–Trinajstić information content (AvgIpc) is 3.61. The van der Waals surface area contributed by atoms with Crippen LogP contribution in [0.4, 0.5) is 5.69 Å². The molecule has 5 rings (SSSR count). The molecular weight excluding hydrogens is 562 g/mol. The van der Waals surface area contributed by atoms with Crippen LogP contribution >= 0.6 is 0 Å². The predicted molar refractivity (Wildman–Crippen MR) is 155 cm³/mol. The Kier molecular flexibility index (Phi) is 8.62. The molecule has 0 aliphatic carbocycles. The van der Waals surface area contributed by atoms with Gasteiger partial charge in [-0.25, -0.2) is 4.98 Å². The number of carbonyl (C=O) groups excluding carboxylic acids is 1. The number of carbonyl (C=O) groups is 1. The summed E-state index contributed by atoms with van der Waals surface area (Å²) in [6, 6.07) is 10.4. The normalized spacial score (nSPS) is 19.5. The standard InChI is InChI=1S/C29H37N5O7S/c1-19-12-34(20(2)16-35)29(36)11-22-10-23(31-42(37,38)28-15-33(4)17-30-28)6-8-24(22)41-27(19)14-32(3)13-21-5-7-25-26(9-21)40-18-39-25/h5-10,15,17,19-20,27,31,35H,11-14,16,18H2,1-4H3/t19-,20+,27+/m1/s1. The van der Waals surface area contributed by atoms with Crippen LogP contribution < -0.4 is 18.9 Å². The van der Waals surface area contributed by atoms with E-state index in [-0.39, 0.29) is 48.8 Å². The van der Waals surface area contributed by atoms with Gasteiger partial charge in [0.05, 0.1) is 25.4 Å². The smallest absolute Gasteiger partial charge is 0.280 e. The molecular formula is C29H37N5O7S. The van der Waals surface area contributed by atoms with Gasteiger partial charge in [0.1, 0.15) is 11.9 Å². The van der Waals surface area contributed by atoms with Crippen LogP contribution in [0.5, 0.6) is 17.2 Å². The molecule has 2 N–H and O–H groups in total. The third kappa shape index (κ3) is 6.63. The zero-order chi connectivity index (χ0) is 30.0. The number of sulfonamides is 1. The maximum Gasteiger partial charge on any atom is 0.280 e. The molecule has 1 aromatic heterocycles. The highest BCUT2D eigenvalue weighted by Gasteiger charge is 2.31. The monoisotopic (exact) mass is 599 g/mol. The van der Waals surface area contributed by atoms with Crippen molar-refractivity contribution in [2.45, 2.75) is 44.0 Å². The molecule has 3 heterocycles. The first-order chi connectivity index (χ1) is 20.0. The number of amides is 1. The predicted octanol–water partition coefficient (Wildman–Crippen LogP) is 2.23. The summed E-state index contributed by atoms with van der Waals surface area (Å²) in [5, 5.41) is 9.80. The fourth-order valence-electron chi connectivity index (χ4n) is 5.17. The molecule has 2 aliphatic rings. The van der Waals surface area contributed by atoms with Crippen molar-refractivity contribution in [1.29, 1.82) is 0 Å². The Hall–Kier alpha value is -3.81. The lowest BCUT2D eigenvalue weighted by Crippen LogP contribution is -2.47. The summed E-state index contributed by atoms with van der Waals surface area (Å²) in [4.78, 5) is 21.3. The minimum atomic E-state index is -3.93. The fourth-order valence-corrected chi connectivity index (χ4v) is 6.20. The van der Waals surface area contributed by atoms with Crippen LogP contribution in [0.2, 0.25) is 0 Å². The first-order valence-electron chi connectivity index (χ1n) is 13.8. The van der Waals surface area contributed by atoms with E-state index in [0.29, 0.717) is 36.6 Å². The number of aliphatic hydroxyl groups excluding tert-OH is 1. The lowest BCUT2D eigenvalue weighted by atomic mass is 10.0. The summed E-state index contributed by atoms with van der Waals surface area (Å²) in [5.74, 6) is 1.72. The second kappa shape index (κ2) is 12.2. The number of hydrogen-bond donors (Lipinski definition) is 2. The first kappa shape index (κ1) is 29.7. The summed E-state index contributed by atoms with van der Waals surface area (Å²) < 4.78 is 47.4. The molecule has 3 atom stereocenters. The van der Waals surface area contributed by atoms with Crippen LogP contribution in [0, 0.1) is 5.92 Å². The van der Waals surface area contributed by atoms with Gasteiger partial charge in [0, 0.05) is 50.0 Å². The molecule has 12 nitrogen and oxygen atoms in total. The van der Waals surface area contributed by atoms with Crippen molar-refractivity contribution in [1.82, 2.24) is 19.4 Å². The minimum Gasteiger partial charge on any atom is -0.488 e. The molecule has 0 unspecified atom stereocenters. The fraction of sp³-hybridized carbons (Fsp3) is 0.448. The molecule has 42 heavy (non-hydrogen) atoms. The molecule has 0 saturated heterocycles. The van der Waals surface area contributed by atoms with Crippen molar-refractivity contribution in [3.8, 4) is 17.2 Å². The third-order valence-electron chi connectivity index (χ3n) is 7.51. The quantitative estimate of drug-likeness (QED) is 0.380. The van der Waals surface area contributed by atoms with Gasteiger partial charge in [-0.05, 0) is 49.9 Å². The zero-order valence-corrected chi connectivity index (χ0v) is 25.0. The van der Waals surface area contributed by atoms with Gasteiger partial charge in [0.15, 0.2) is 16.5 Å². The molecule has 0 fully saturated rings. The average molecular weight is 600 g/mol. The van der Waals surface area contributed by atoms with Gasteiger partial charge in [-0.1, -0.05) is 13.0 Å². The van der Waals surface area contributed by atoms with Gasteiger partial charge in [0.2, 0.25) is 12.7 Å². The van der Waals surface area contributed by atoms with Crippen LogP contribution in [-0.2, 0) is 34.8 Å². The highest BCUT2D eigenvalue weighted by molar-refractivity contribution is 7.92. The van der Waals surface area contributed by atoms with Crippen LogP contribution in [0.3, 0.4) is 0 Å². The number of anilines is 1. The van der Waals surface area contributed by atoms with E-state index < -0.39 is 10.0 Å². The van der Waals surface area contributed by atoms with E-state index in [1.165, 1.54) is 12.5 Å². The van der Waals surface area contributed by atoms with Gasteiger partial charge < -0.3 is 28.8 Å². The molecule has 0 spiro atoms. The Labute approximate surface area is 245 Å². The summed E-state index contributed by atoms with van der Waals surface area (Å²) >= 11 is 0. The van der Waals surface area contributed by atoms with E-state index in [1.807, 2.05) is 39.1 Å². The van der Waals surface area contributed by atoms with E-state index in [0.717, 1.165) is 17.1 Å². The van der Waals surface area contributed by atoms with Crippen molar-refractivity contribution in [3.63, 3.8) is 0 Å². The molecule has 13 heteroatoms. The van der Waals surface area contributed by atoms with Crippen LogP contribution in [0.15, 0.2) is 53.9 Å². The number of ether oxygens (including phenoxy) is 3. The lowest BCUT2D eigenvalue weighted by Gasteiger charge is -2.34. The van der Waals surface area contributed by atoms with Gasteiger partial charge in [-0.15, -0.1) is 0 Å². The van der Waals surface area contributed by atoms with Gasteiger partial charge >= 0.3 is 0 Å². The van der Waals surface area contributed by atoms with Gasteiger partial charge in [-0.2, -0.15) is 8.42 Å². The van der Waals surface area contributed by atoms with Crippen LogP contribution in [0.1, 0.15) is 25.0 Å². The molecule has 1 amide bonds. The summed E-state index contributed by atoms with van der Waals surface area (Å²) in [6.07, 6.45) is 2.50. The van der Waals surface area contributed by atoms with E-state index >= 15 is 0 Å². The number of likely N-dealkylation sites (N-methyl/N-ethyl adjacent to an activating group) is 1. The number of aromatic nitrogens is 2. The number of aryl methyl sites for hydroxylation is 1. The molecule has 2 aromatic carbocycles. The number of nitrogens with one attached hydrogen (secondary N) is 1. The number of imidazole rings is 1. The van der Waals surface area contributed by atoms with Crippen molar-refractivity contribution >= 4 is 21.6 Å². The molecule has 0 radical (unpaired) electrons. The number of benzene rings is 2. The van der Waals surface area contributed by atoms with Crippen molar-refractivity contribution in [3.05, 3.63) is 60.0 Å². The van der Waals surface area contributed by atoms with Crippen molar-refractivity contribution < 1.29 is 32.5 Å². The van der Waals surface area contributed by atoms with Crippen molar-refractivity contribution in [2.75, 3.05) is 38.3 Å². The Morgan fingerprint density at radius 3 is 2.67 bits per heavy atom. The van der Waals surface area contributed by atoms with E-state index in [1.54, 1.807) is 34.7 Å². The van der Waals surface area contributed by atoms with Gasteiger partial charge in [0.25, 0.3) is 10.0 Å². The number of nitrogens with zero attached hydrogens (tertiary/aromatic N) is 4. The molecule has 0 bridgehead atoms. The SMILES string of the molecule is C[C@@H]1CN([C@@H](C)CO)C(=O)Cc2cc(NS(=O)(=O)c3cn(C)cn3)ccc2O[C@H]1CN(C)Cc1ccc2c(c1)OCO2. The zero-order valence-electron chi connectivity index (χ0n) is 24.2. The molecule has 226 valence electrons. The topological polar surface area (TPSA) is 135 Å². The van der Waals surface area contributed by atoms with E-state index in [9.17, 15) is 18.3 Å². The number of rotatable bonds is 9. The Bertz CT molecular complexity index is 1540. The summed E-state index contributed by atoms with van der Waals surface area (Å²) in [5.41, 5.74) is 1.91. The Morgan fingerprint density at radius 1 is 1.17 bits per heavy atom. The highest BCUT2D eigenvalue weighted by atomic mass is 32.2. The van der Waals surface area contributed by atoms with Crippen LogP contribution in [-0.4, -0.2) is 84.5 Å². The van der Waals surface area contributed by atoms with Crippen molar-refractivity contribution in [2.24, 2.45) is 13.0 Å². The highest BCUT2D eigenvalue weighted by Crippen LogP contribution is 2.33. The van der Waals surface area contributed by atoms with Crippen LogP contribution in [0.25, 0.3) is 0 Å². The molecule has 3 aromatic rings. The van der Waals surface area contributed by atoms with Gasteiger partial charge in [-0.3, -0.25) is 14.4 Å². The second-order valence-electron chi connectivity index (χ2n) is 11.1. The third-order valence-corrected chi connectivity index (χ3v) is 8.77. The number of aliphatic hydroxyl groups is 1. The Morgan fingerprint density at radius 2 is 1.93 bits per heavy atom. The number of hydrogen-bond acceptors (Lipinski definition) is 9. The maximum absolute atomic E-state index is 13.5. The summed E-state index contributed by atoms with van der Waals surface area (Å²) in [6.45, 7) is 5.47.